The summed E-state index contributed by atoms with van der Waals surface area (Å²) in [5.41, 5.74) is 2.30. The van der Waals surface area contributed by atoms with E-state index in [0.717, 1.165) is 32.0 Å². The number of thioether (sulfide) groups is 1. The van der Waals surface area contributed by atoms with Gasteiger partial charge in [-0.25, -0.2) is 0 Å². The molecule has 0 aromatic heterocycles. The second-order valence-corrected chi connectivity index (χ2v) is 6.44. The predicted octanol–water partition coefficient (Wildman–Crippen LogP) is 5.80. The van der Waals surface area contributed by atoms with Crippen LogP contribution < -0.4 is 0 Å². The minimum atomic E-state index is 0.323. The molecule has 0 aliphatic carbocycles. The first-order chi connectivity index (χ1) is 10.1. The number of rotatable bonds is 3. The number of benzene rings is 3. The Morgan fingerprint density at radius 1 is 1.00 bits per heavy atom. The highest BCUT2D eigenvalue weighted by molar-refractivity contribution is 7.98. The van der Waals surface area contributed by atoms with Crippen molar-refractivity contribution in [2.45, 2.75) is 17.6 Å². The Balaban J connectivity index is 1.90. The molecular formula is C18H15ClOS. The second-order valence-electron chi connectivity index (χ2n) is 5.01. The van der Waals surface area contributed by atoms with E-state index in [4.69, 9.17) is 11.6 Å². The van der Waals surface area contributed by atoms with Crippen molar-refractivity contribution in [1.82, 2.24) is 0 Å². The highest BCUT2D eigenvalue weighted by atomic mass is 35.5. The van der Waals surface area contributed by atoms with Gasteiger partial charge in [0.2, 0.25) is 0 Å². The van der Waals surface area contributed by atoms with Crippen molar-refractivity contribution in [1.29, 1.82) is 0 Å². The molecule has 106 valence electrons. The molecule has 0 unspecified atom stereocenters. The lowest BCUT2D eigenvalue weighted by Gasteiger charge is -2.09. The summed E-state index contributed by atoms with van der Waals surface area (Å²) in [5.74, 6) is 1.14. The average molecular weight is 315 g/mol. The zero-order chi connectivity index (χ0) is 14.8. The van der Waals surface area contributed by atoms with Crippen LogP contribution in [0.1, 0.15) is 11.1 Å². The molecule has 0 aliphatic heterocycles. The molecule has 0 saturated carbocycles. The number of hydrogen-bond acceptors (Lipinski definition) is 2. The van der Waals surface area contributed by atoms with Crippen molar-refractivity contribution in [3.8, 4) is 5.75 Å². The fourth-order valence-electron chi connectivity index (χ4n) is 2.31. The molecule has 0 fully saturated rings. The van der Waals surface area contributed by atoms with E-state index >= 15 is 0 Å². The largest absolute Gasteiger partial charge is 0.507 e. The molecule has 0 heterocycles. The van der Waals surface area contributed by atoms with Gasteiger partial charge in [-0.2, -0.15) is 0 Å². The Morgan fingerprint density at radius 3 is 2.52 bits per heavy atom. The third-order valence-corrected chi connectivity index (χ3v) is 4.93. The summed E-state index contributed by atoms with van der Waals surface area (Å²) in [4.78, 5) is 1.15. The zero-order valence-electron chi connectivity index (χ0n) is 11.6. The van der Waals surface area contributed by atoms with E-state index in [1.165, 1.54) is 5.56 Å². The maximum Gasteiger partial charge on any atom is 0.123 e. The Kier molecular flexibility index (Phi) is 4.09. The van der Waals surface area contributed by atoms with Crippen LogP contribution in [0, 0.1) is 6.92 Å². The fourth-order valence-corrected chi connectivity index (χ4v) is 3.75. The normalized spacial score (nSPS) is 11.0. The van der Waals surface area contributed by atoms with Gasteiger partial charge < -0.3 is 5.11 Å². The summed E-state index contributed by atoms with van der Waals surface area (Å²) in [5, 5.41) is 12.7. The molecule has 3 rings (SSSR count). The summed E-state index contributed by atoms with van der Waals surface area (Å²) in [6, 6.07) is 17.8. The number of phenolic OH excluding ortho intramolecular Hbond substituents is 1. The summed E-state index contributed by atoms with van der Waals surface area (Å²) >= 11 is 8.02. The van der Waals surface area contributed by atoms with E-state index in [1.807, 2.05) is 43.3 Å². The maximum absolute atomic E-state index is 9.93. The van der Waals surface area contributed by atoms with E-state index in [9.17, 15) is 5.11 Å². The molecule has 0 radical (unpaired) electrons. The van der Waals surface area contributed by atoms with Gasteiger partial charge in [-0.1, -0.05) is 48.0 Å². The van der Waals surface area contributed by atoms with Gasteiger partial charge in [0, 0.05) is 21.1 Å². The lowest BCUT2D eigenvalue weighted by Crippen LogP contribution is -1.85. The Bertz CT molecular complexity index is 798. The average Bonchev–Trinajstić information content (AvgIpc) is 2.48. The van der Waals surface area contributed by atoms with Crippen LogP contribution in [-0.2, 0) is 5.75 Å². The first-order valence-electron chi connectivity index (χ1n) is 6.74. The number of phenols is 1. The summed E-state index contributed by atoms with van der Waals surface area (Å²) in [6.45, 7) is 2.04. The van der Waals surface area contributed by atoms with Crippen LogP contribution in [0.2, 0.25) is 5.02 Å². The third kappa shape index (κ3) is 3.02. The molecule has 1 nitrogen and oxygen atoms in total. The molecule has 21 heavy (non-hydrogen) atoms. The molecule has 0 aliphatic rings. The van der Waals surface area contributed by atoms with Crippen molar-refractivity contribution in [2.75, 3.05) is 0 Å². The van der Waals surface area contributed by atoms with Gasteiger partial charge >= 0.3 is 0 Å². The molecule has 0 atom stereocenters. The first-order valence-corrected chi connectivity index (χ1v) is 8.10. The van der Waals surface area contributed by atoms with Gasteiger partial charge in [0.1, 0.15) is 5.75 Å². The van der Waals surface area contributed by atoms with Crippen LogP contribution in [0.15, 0.2) is 59.5 Å². The highest BCUT2D eigenvalue weighted by Crippen LogP contribution is 2.35. The van der Waals surface area contributed by atoms with Crippen molar-refractivity contribution in [3.63, 3.8) is 0 Å². The molecule has 3 aromatic carbocycles. The van der Waals surface area contributed by atoms with Crippen LogP contribution >= 0.6 is 23.4 Å². The van der Waals surface area contributed by atoms with Crippen LogP contribution in [0.4, 0.5) is 0 Å². The van der Waals surface area contributed by atoms with Gasteiger partial charge in [0.25, 0.3) is 0 Å². The molecule has 3 aromatic rings. The van der Waals surface area contributed by atoms with Gasteiger partial charge in [-0.3, -0.25) is 0 Å². The maximum atomic E-state index is 9.93. The predicted molar refractivity (Wildman–Crippen MR) is 91.4 cm³/mol. The monoisotopic (exact) mass is 314 g/mol. The van der Waals surface area contributed by atoms with Crippen molar-refractivity contribution in [2.24, 2.45) is 0 Å². The molecule has 0 spiro atoms. The van der Waals surface area contributed by atoms with E-state index < -0.39 is 0 Å². The summed E-state index contributed by atoms with van der Waals surface area (Å²) in [6.07, 6.45) is 0. The number of hydrogen-bond donors (Lipinski definition) is 1. The molecular weight excluding hydrogens is 300 g/mol. The van der Waals surface area contributed by atoms with Crippen molar-refractivity contribution < 1.29 is 5.11 Å². The molecule has 0 amide bonds. The quantitative estimate of drug-likeness (QED) is 0.616. The van der Waals surface area contributed by atoms with E-state index in [-0.39, 0.29) is 0 Å². The van der Waals surface area contributed by atoms with Gasteiger partial charge in [0.05, 0.1) is 0 Å². The van der Waals surface area contributed by atoms with Gasteiger partial charge in [-0.15, -0.1) is 11.8 Å². The molecule has 0 saturated heterocycles. The van der Waals surface area contributed by atoms with Gasteiger partial charge in [-0.05, 0) is 41.6 Å². The number of aryl methyl sites for hydroxylation is 1. The number of aromatic hydroxyl groups is 1. The van der Waals surface area contributed by atoms with Crippen LogP contribution in [0.3, 0.4) is 0 Å². The lowest BCUT2D eigenvalue weighted by molar-refractivity contribution is 0.481. The minimum Gasteiger partial charge on any atom is -0.507 e. The van der Waals surface area contributed by atoms with E-state index in [1.54, 1.807) is 17.8 Å². The van der Waals surface area contributed by atoms with Crippen molar-refractivity contribution >= 4 is 34.1 Å². The summed E-state index contributed by atoms with van der Waals surface area (Å²) < 4.78 is 0. The molecule has 0 bridgehead atoms. The SMILES string of the molecule is Cc1ccc(CSc2ccc(O)c3ccccc23)c(Cl)c1. The molecule has 3 heteroatoms. The highest BCUT2D eigenvalue weighted by Gasteiger charge is 2.07. The minimum absolute atomic E-state index is 0.323. The lowest BCUT2D eigenvalue weighted by atomic mass is 10.1. The third-order valence-electron chi connectivity index (χ3n) is 3.45. The van der Waals surface area contributed by atoms with Crippen LogP contribution in [0.25, 0.3) is 10.8 Å². The second kappa shape index (κ2) is 6.00. The topological polar surface area (TPSA) is 20.2 Å². The van der Waals surface area contributed by atoms with Crippen molar-refractivity contribution in [3.05, 3.63) is 70.7 Å². The van der Waals surface area contributed by atoms with E-state index in [0.29, 0.717) is 5.75 Å². The molecule has 1 N–H and O–H groups in total. The Hall–Kier alpha value is -1.64. The van der Waals surface area contributed by atoms with Gasteiger partial charge in [0.15, 0.2) is 0 Å². The first kappa shape index (κ1) is 14.3. The fraction of sp³-hybridized carbons (Fsp3) is 0.111. The standard InChI is InChI=1S/C18H15ClOS/c1-12-6-7-13(16(19)10-12)11-21-18-9-8-17(20)14-4-2-3-5-15(14)18/h2-10,20H,11H2,1H3. The zero-order valence-corrected chi connectivity index (χ0v) is 13.2. The Labute approximate surface area is 133 Å². The smallest absolute Gasteiger partial charge is 0.123 e. The number of fused-ring (bicyclic) bond motifs is 1. The Morgan fingerprint density at radius 2 is 1.76 bits per heavy atom. The number of halogens is 1. The van der Waals surface area contributed by atoms with Crippen LogP contribution in [-0.4, -0.2) is 5.11 Å². The van der Waals surface area contributed by atoms with E-state index in [2.05, 4.69) is 12.1 Å². The summed E-state index contributed by atoms with van der Waals surface area (Å²) in [7, 11) is 0. The van der Waals surface area contributed by atoms with Crippen LogP contribution in [0.5, 0.6) is 5.75 Å².